The molecule has 0 radical (unpaired) electrons. The van der Waals surface area contributed by atoms with Crippen LogP contribution in [-0.4, -0.2) is 12.5 Å². The molecule has 110 valence electrons. The number of anilines is 2. The lowest BCUT2D eigenvalue weighted by Crippen LogP contribution is -2.11. The van der Waals surface area contributed by atoms with E-state index in [1.54, 1.807) is 0 Å². The zero-order valence-corrected chi connectivity index (χ0v) is 12.6. The van der Waals surface area contributed by atoms with Crippen molar-refractivity contribution in [3.8, 4) is 0 Å². The Hall–Kier alpha value is -2.29. The summed E-state index contributed by atoms with van der Waals surface area (Å²) in [6.07, 6.45) is 2.20. The molecule has 0 aliphatic heterocycles. The molecular formula is C18H22N2O. The second-order valence-corrected chi connectivity index (χ2v) is 5.01. The molecule has 2 rings (SSSR count). The lowest BCUT2D eigenvalue weighted by atomic mass is 10.1. The van der Waals surface area contributed by atoms with Gasteiger partial charge in [-0.15, -0.1) is 0 Å². The first kappa shape index (κ1) is 15.1. The maximum Gasteiger partial charge on any atom is 0.255 e. The molecule has 0 bridgehead atoms. The number of carbonyl (C=O) groups excluding carboxylic acids is 1. The number of hydrogen-bond acceptors (Lipinski definition) is 2. The minimum absolute atomic E-state index is 0.0821. The number of carbonyl (C=O) groups is 1. The first-order valence-electron chi connectivity index (χ1n) is 7.47. The van der Waals surface area contributed by atoms with Gasteiger partial charge in [0.15, 0.2) is 0 Å². The van der Waals surface area contributed by atoms with Gasteiger partial charge in [-0.25, -0.2) is 0 Å². The molecule has 0 atom stereocenters. The van der Waals surface area contributed by atoms with Gasteiger partial charge >= 0.3 is 0 Å². The van der Waals surface area contributed by atoms with Gasteiger partial charge in [-0.3, -0.25) is 4.79 Å². The zero-order chi connectivity index (χ0) is 15.1. The Balaban J connectivity index is 2.00. The SMILES string of the molecule is CCCc1ccc(NC(=O)c2ccc(NCC)cc2)cc1. The van der Waals surface area contributed by atoms with Crippen LogP contribution in [0.4, 0.5) is 11.4 Å². The second kappa shape index (κ2) is 7.48. The molecule has 0 aliphatic carbocycles. The predicted molar refractivity (Wildman–Crippen MR) is 89.0 cm³/mol. The Morgan fingerprint density at radius 3 is 2.10 bits per heavy atom. The number of benzene rings is 2. The molecule has 0 spiro atoms. The van der Waals surface area contributed by atoms with E-state index in [2.05, 4.69) is 29.7 Å². The summed E-state index contributed by atoms with van der Waals surface area (Å²) >= 11 is 0. The molecule has 0 aliphatic rings. The van der Waals surface area contributed by atoms with Crippen molar-refractivity contribution < 1.29 is 4.79 Å². The summed E-state index contributed by atoms with van der Waals surface area (Å²) in [7, 11) is 0. The molecular weight excluding hydrogens is 260 g/mol. The van der Waals surface area contributed by atoms with Crippen molar-refractivity contribution >= 4 is 17.3 Å². The largest absolute Gasteiger partial charge is 0.385 e. The van der Waals surface area contributed by atoms with Gasteiger partial charge in [-0.2, -0.15) is 0 Å². The van der Waals surface area contributed by atoms with Gasteiger partial charge < -0.3 is 10.6 Å². The van der Waals surface area contributed by atoms with E-state index in [0.29, 0.717) is 5.56 Å². The molecule has 21 heavy (non-hydrogen) atoms. The number of amides is 1. The predicted octanol–water partition coefficient (Wildman–Crippen LogP) is 4.32. The highest BCUT2D eigenvalue weighted by Gasteiger charge is 2.05. The first-order valence-corrected chi connectivity index (χ1v) is 7.47. The van der Waals surface area contributed by atoms with Crippen molar-refractivity contribution in [2.75, 3.05) is 17.2 Å². The van der Waals surface area contributed by atoms with Crippen molar-refractivity contribution in [3.05, 3.63) is 59.7 Å². The average Bonchev–Trinajstić information content (AvgIpc) is 2.50. The summed E-state index contributed by atoms with van der Waals surface area (Å²) in [4.78, 5) is 12.2. The van der Waals surface area contributed by atoms with Gasteiger partial charge in [-0.05, 0) is 55.3 Å². The van der Waals surface area contributed by atoms with E-state index in [-0.39, 0.29) is 5.91 Å². The molecule has 0 saturated heterocycles. The minimum Gasteiger partial charge on any atom is -0.385 e. The quantitative estimate of drug-likeness (QED) is 0.828. The summed E-state index contributed by atoms with van der Waals surface area (Å²) in [5.74, 6) is -0.0821. The molecule has 3 nitrogen and oxygen atoms in total. The fourth-order valence-electron chi connectivity index (χ4n) is 2.19. The molecule has 2 aromatic rings. The lowest BCUT2D eigenvalue weighted by Gasteiger charge is -2.08. The third-order valence-electron chi connectivity index (χ3n) is 3.28. The highest BCUT2D eigenvalue weighted by molar-refractivity contribution is 6.04. The first-order chi connectivity index (χ1) is 10.2. The van der Waals surface area contributed by atoms with E-state index < -0.39 is 0 Å². The van der Waals surface area contributed by atoms with E-state index >= 15 is 0 Å². The van der Waals surface area contributed by atoms with Crippen LogP contribution in [0.25, 0.3) is 0 Å². The monoisotopic (exact) mass is 282 g/mol. The molecule has 1 amide bonds. The smallest absolute Gasteiger partial charge is 0.255 e. The Morgan fingerprint density at radius 1 is 0.905 bits per heavy atom. The second-order valence-electron chi connectivity index (χ2n) is 5.01. The van der Waals surface area contributed by atoms with E-state index in [9.17, 15) is 4.79 Å². The van der Waals surface area contributed by atoms with E-state index in [1.165, 1.54) is 5.56 Å². The normalized spacial score (nSPS) is 10.2. The van der Waals surface area contributed by atoms with Gasteiger partial charge in [0, 0.05) is 23.5 Å². The van der Waals surface area contributed by atoms with Crippen molar-refractivity contribution in [2.24, 2.45) is 0 Å². The van der Waals surface area contributed by atoms with Gasteiger partial charge in [-0.1, -0.05) is 25.5 Å². The maximum atomic E-state index is 12.2. The van der Waals surface area contributed by atoms with Crippen LogP contribution in [0.5, 0.6) is 0 Å². The molecule has 2 aromatic carbocycles. The number of rotatable bonds is 6. The van der Waals surface area contributed by atoms with Gasteiger partial charge in [0.05, 0.1) is 0 Å². The van der Waals surface area contributed by atoms with Crippen molar-refractivity contribution in [3.63, 3.8) is 0 Å². The molecule has 3 heteroatoms. The minimum atomic E-state index is -0.0821. The Morgan fingerprint density at radius 2 is 1.52 bits per heavy atom. The van der Waals surface area contributed by atoms with Crippen LogP contribution in [0.15, 0.2) is 48.5 Å². The van der Waals surface area contributed by atoms with E-state index in [1.807, 2.05) is 43.3 Å². The Kier molecular flexibility index (Phi) is 5.38. The molecule has 2 N–H and O–H groups in total. The van der Waals surface area contributed by atoms with Gasteiger partial charge in [0.2, 0.25) is 0 Å². The van der Waals surface area contributed by atoms with E-state index in [4.69, 9.17) is 0 Å². The highest BCUT2D eigenvalue weighted by atomic mass is 16.1. The summed E-state index contributed by atoms with van der Waals surface area (Å²) < 4.78 is 0. The lowest BCUT2D eigenvalue weighted by molar-refractivity contribution is 0.102. The number of hydrogen-bond donors (Lipinski definition) is 2. The molecule has 0 saturated carbocycles. The Labute approximate surface area is 126 Å². The van der Waals surface area contributed by atoms with Crippen LogP contribution in [0, 0.1) is 0 Å². The van der Waals surface area contributed by atoms with Crippen LogP contribution >= 0.6 is 0 Å². The summed E-state index contributed by atoms with van der Waals surface area (Å²) in [5, 5.41) is 6.13. The average molecular weight is 282 g/mol. The molecule has 0 heterocycles. The van der Waals surface area contributed by atoms with Crippen LogP contribution in [0.2, 0.25) is 0 Å². The number of nitrogens with one attached hydrogen (secondary N) is 2. The summed E-state index contributed by atoms with van der Waals surface area (Å²) in [6, 6.07) is 15.5. The zero-order valence-electron chi connectivity index (χ0n) is 12.6. The maximum absolute atomic E-state index is 12.2. The fraction of sp³-hybridized carbons (Fsp3) is 0.278. The van der Waals surface area contributed by atoms with Crippen molar-refractivity contribution in [1.29, 1.82) is 0 Å². The third kappa shape index (κ3) is 4.35. The van der Waals surface area contributed by atoms with Crippen LogP contribution in [-0.2, 0) is 6.42 Å². The Bertz CT molecular complexity index is 573. The molecule has 0 aromatic heterocycles. The van der Waals surface area contributed by atoms with Crippen molar-refractivity contribution in [2.45, 2.75) is 26.7 Å². The standard InChI is InChI=1S/C18H22N2O/c1-3-5-14-6-10-17(11-7-14)20-18(21)15-8-12-16(13-9-15)19-4-2/h6-13,19H,3-5H2,1-2H3,(H,20,21). The highest BCUT2D eigenvalue weighted by Crippen LogP contribution is 2.14. The summed E-state index contributed by atoms with van der Waals surface area (Å²) in [6.45, 7) is 5.07. The van der Waals surface area contributed by atoms with Crippen LogP contribution in [0.3, 0.4) is 0 Å². The van der Waals surface area contributed by atoms with Crippen LogP contribution in [0.1, 0.15) is 36.2 Å². The fourth-order valence-corrected chi connectivity index (χ4v) is 2.19. The number of aryl methyl sites for hydroxylation is 1. The van der Waals surface area contributed by atoms with Gasteiger partial charge in [0.1, 0.15) is 0 Å². The molecule has 0 fully saturated rings. The van der Waals surface area contributed by atoms with E-state index in [0.717, 1.165) is 30.8 Å². The van der Waals surface area contributed by atoms with Crippen molar-refractivity contribution in [1.82, 2.24) is 0 Å². The third-order valence-corrected chi connectivity index (χ3v) is 3.28. The topological polar surface area (TPSA) is 41.1 Å². The van der Waals surface area contributed by atoms with Gasteiger partial charge in [0.25, 0.3) is 5.91 Å². The summed E-state index contributed by atoms with van der Waals surface area (Å²) in [5.41, 5.74) is 3.81. The van der Waals surface area contributed by atoms with Crippen LogP contribution < -0.4 is 10.6 Å². The molecule has 0 unspecified atom stereocenters.